The van der Waals surface area contributed by atoms with E-state index in [9.17, 15) is 4.79 Å². The van der Waals surface area contributed by atoms with Gasteiger partial charge in [-0.15, -0.1) is 0 Å². The highest BCUT2D eigenvalue weighted by atomic mass is 16.6. The number of aromatic nitrogens is 2. The molecule has 0 aliphatic carbocycles. The highest BCUT2D eigenvalue weighted by molar-refractivity contribution is 5.91. The summed E-state index contributed by atoms with van der Waals surface area (Å²) in [6.45, 7) is 7.96. The van der Waals surface area contributed by atoms with Gasteiger partial charge in [0.15, 0.2) is 17.2 Å². The molecular weight excluding hydrogens is 428 g/mol. The van der Waals surface area contributed by atoms with Crippen molar-refractivity contribution in [3.8, 4) is 11.5 Å². The van der Waals surface area contributed by atoms with Gasteiger partial charge in [-0.25, -0.2) is 14.8 Å². The average Bonchev–Trinajstić information content (AvgIpc) is 2.81. The zero-order valence-electron chi connectivity index (χ0n) is 19.9. The van der Waals surface area contributed by atoms with Gasteiger partial charge in [-0.2, -0.15) is 0 Å². The van der Waals surface area contributed by atoms with Crippen LogP contribution in [0.3, 0.4) is 0 Å². The van der Waals surface area contributed by atoms with E-state index in [1.54, 1.807) is 19.1 Å². The first-order valence-electron chi connectivity index (χ1n) is 11.2. The van der Waals surface area contributed by atoms with E-state index in [-0.39, 0.29) is 5.69 Å². The first-order chi connectivity index (χ1) is 16.3. The van der Waals surface area contributed by atoms with E-state index in [1.165, 1.54) is 0 Å². The minimum absolute atomic E-state index is 0.189. The number of esters is 1. The highest BCUT2D eigenvalue weighted by Crippen LogP contribution is 2.33. The number of nitrogens with zero attached hydrogens (tertiary/aromatic N) is 2. The Morgan fingerprint density at radius 1 is 0.765 bits per heavy atom. The summed E-state index contributed by atoms with van der Waals surface area (Å²) >= 11 is 0. The number of rotatable bonds is 7. The average molecular weight is 457 g/mol. The van der Waals surface area contributed by atoms with E-state index < -0.39 is 11.6 Å². The molecule has 1 aromatic heterocycles. The van der Waals surface area contributed by atoms with Crippen LogP contribution in [0, 0.1) is 6.92 Å². The lowest BCUT2D eigenvalue weighted by atomic mass is 10.2. The third-order valence-electron chi connectivity index (χ3n) is 4.97. The minimum atomic E-state index is -0.626. The second-order valence-electron chi connectivity index (χ2n) is 9.00. The Kier molecular flexibility index (Phi) is 6.77. The number of benzene rings is 3. The maximum Gasteiger partial charge on any atom is 0.359 e. The summed E-state index contributed by atoms with van der Waals surface area (Å²) in [6, 6.07) is 23.4. The van der Waals surface area contributed by atoms with Gasteiger partial charge in [-0.1, -0.05) is 60.7 Å². The number of carbonyl (C=O) groups excluding carboxylic acids is 1. The third-order valence-corrected chi connectivity index (χ3v) is 4.97. The Morgan fingerprint density at radius 2 is 1.24 bits per heavy atom. The van der Waals surface area contributed by atoms with Crippen LogP contribution >= 0.6 is 0 Å². The van der Waals surface area contributed by atoms with Crippen molar-refractivity contribution < 1.29 is 19.0 Å². The predicted molar refractivity (Wildman–Crippen MR) is 131 cm³/mol. The van der Waals surface area contributed by atoms with Crippen LogP contribution in [0.25, 0.3) is 11.0 Å². The van der Waals surface area contributed by atoms with Gasteiger partial charge in [0.2, 0.25) is 0 Å². The minimum Gasteiger partial charge on any atom is -0.485 e. The second-order valence-corrected chi connectivity index (χ2v) is 9.00. The van der Waals surface area contributed by atoms with Crippen LogP contribution in [0.1, 0.15) is 48.1 Å². The summed E-state index contributed by atoms with van der Waals surface area (Å²) in [5, 5.41) is 0. The molecule has 3 aromatic carbocycles. The Labute approximate surface area is 199 Å². The first kappa shape index (κ1) is 23.2. The lowest BCUT2D eigenvalue weighted by Gasteiger charge is -2.20. The van der Waals surface area contributed by atoms with E-state index in [0.29, 0.717) is 41.4 Å². The normalized spacial score (nSPS) is 11.3. The standard InChI is InChI=1S/C28H28N2O4/c1-19-26(27(31)34-28(2,3)4)30-23-16-25(33-18-21-13-9-6-10-14-21)24(15-22(23)29-19)32-17-20-11-7-5-8-12-20/h5-16H,17-18H2,1-4H3. The zero-order chi connectivity index (χ0) is 24.1. The molecular formula is C28H28N2O4. The topological polar surface area (TPSA) is 70.5 Å². The van der Waals surface area contributed by atoms with Crippen molar-refractivity contribution >= 4 is 17.0 Å². The van der Waals surface area contributed by atoms with Crippen LogP contribution in [0.2, 0.25) is 0 Å². The van der Waals surface area contributed by atoms with Crippen molar-refractivity contribution in [3.63, 3.8) is 0 Å². The van der Waals surface area contributed by atoms with Gasteiger partial charge >= 0.3 is 5.97 Å². The molecule has 0 amide bonds. The Morgan fingerprint density at radius 3 is 1.71 bits per heavy atom. The lowest BCUT2D eigenvalue weighted by Crippen LogP contribution is -2.25. The fraction of sp³-hybridized carbons (Fsp3) is 0.250. The molecule has 0 spiro atoms. The lowest BCUT2D eigenvalue weighted by molar-refractivity contribution is 0.00618. The molecule has 0 aliphatic heterocycles. The molecule has 0 atom stereocenters. The van der Waals surface area contributed by atoms with Gasteiger partial charge in [-0.3, -0.25) is 0 Å². The van der Waals surface area contributed by atoms with Gasteiger partial charge in [0, 0.05) is 12.1 Å². The molecule has 0 bridgehead atoms. The number of hydrogen-bond donors (Lipinski definition) is 0. The van der Waals surface area contributed by atoms with Crippen molar-refractivity contribution in [2.24, 2.45) is 0 Å². The van der Waals surface area contributed by atoms with Crippen molar-refractivity contribution in [3.05, 3.63) is 95.3 Å². The van der Waals surface area contributed by atoms with Gasteiger partial charge in [0.25, 0.3) is 0 Å². The number of hydrogen-bond acceptors (Lipinski definition) is 6. The molecule has 4 rings (SSSR count). The molecule has 0 N–H and O–H groups in total. The smallest absolute Gasteiger partial charge is 0.359 e. The summed E-state index contributed by atoms with van der Waals surface area (Å²) in [7, 11) is 0. The molecule has 174 valence electrons. The highest BCUT2D eigenvalue weighted by Gasteiger charge is 2.22. The maximum absolute atomic E-state index is 12.7. The van der Waals surface area contributed by atoms with Crippen LogP contribution in [0.4, 0.5) is 0 Å². The summed E-state index contributed by atoms with van der Waals surface area (Å²) in [5.74, 6) is 0.585. The largest absolute Gasteiger partial charge is 0.485 e. The maximum atomic E-state index is 12.7. The molecule has 4 aromatic rings. The SMILES string of the molecule is Cc1nc2cc(OCc3ccccc3)c(OCc3ccccc3)cc2nc1C(=O)OC(C)(C)C. The molecule has 1 heterocycles. The molecule has 0 radical (unpaired) electrons. The molecule has 0 saturated heterocycles. The summed E-state index contributed by atoms with van der Waals surface area (Å²) in [4.78, 5) is 21.8. The van der Waals surface area contributed by atoms with Crippen molar-refractivity contribution in [1.82, 2.24) is 9.97 Å². The molecule has 34 heavy (non-hydrogen) atoms. The van der Waals surface area contributed by atoms with Crippen molar-refractivity contribution in [2.45, 2.75) is 46.5 Å². The molecule has 6 nitrogen and oxygen atoms in total. The molecule has 0 fully saturated rings. The summed E-state index contributed by atoms with van der Waals surface area (Å²) in [6.07, 6.45) is 0. The monoisotopic (exact) mass is 456 g/mol. The van der Waals surface area contributed by atoms with E-state index in [2.05, 4.69) is 9.97 Å². The Bertz CT molecular complexity index is 1280. The number of carbonyl (C=O) groups is 1. The molecule has 0 aliphatic rings. The van der Waals surface area contributed by atoms with Gasteiger partial charge in [0.05, 0.1) is 16.7 Å². The second kappa shape index (κ2) is 9.91. The fourth-order valence-corrected chi connectivity index (χ4v) is 3.37. The van der Waals surface area contributed by atoms with E-state index >= 15 is 0 Å². The number of fused-ring (bicyclic) bond motifs is 1. The van der Waals surface area contributed by atoms with Gasteiger partial charge in [0.1, 0.15) is 18.8 Å². The zero-order valence-corrected chi connectivity index (χ0v) is 19.9. The van der Waals surface area contributed by atoms with Crippen molar-refractivity contribution in [1.29, 1.82) is 0 Å². The Balaban J connectivity index is 1.68. The summed E-state index contributed by atoms with van der Waals surface area (Å²) < 4.78 is 17.7. The van der Waals surface area contributed by atoms with Gasteiger partial charge < -0.3 is 14.2 Å². The first-order valence-corrected chi connectivity index (χ1v) is 11.2. The summed E-state index contributed by atoms with van der Waals surface area (Å²) in [5.41, 5.74) is 3.27. The molecule has 0 saturated carbocycles. The number of aryl methyl sites for hydroxylation is 1. The molecule has 6 heteroatoms. The van der Waals surface area contributed by atoms with E-state index in [1.807, 2.05) is 81.4 Å². The predicted octanol–water partition coefficient (Wildman–Crippen LogP) is 6.05. The fourth-order valence-electron chi connectivity index (χ4n) is 3.37. The Hall–Kier alpha value is -3.93. The van der Waals surface area contributed by atoms with E-state index in [4.69, 9.17) is 14.2 Å². The van der Waals surface area contributed by atoms with Crippen LogP contribution in [-0.4, -0.2) is 21.5 Å². The van der Waals surface area contributed by atoms with Crippen LogP contribution in [0.15, 0.2) is 72.8 Å². The van der Waals surface area contributed by atoms with Gasteiger partial charge in [-0.05, 0) is 38.8 Å². The third kappa shape index (κ3) is 5.90. The van der Waals surface area contributed by atoms with Crippen LogP contribution in [-0.2, 0) is 18.0 Å². The van der Waals surface area contributed by atoms with Crippen LogP contribution < -0.4 is 9.47 Å². The van der Waals surface area contributed by atoms with Crippen LogP contribution in [0.5, 0.6) is 11.5 Å². The van der Waals surface area contributed by atoms with E-state index in [0.717, 1.165) is 11.1 Å². The molecule has 0 unspecified atom stereocenters. The quantitative estimate of drug-likeness (QED) is 0.315. The van der Waals surface area contributed by atoms with Crippen molar-refractivity contribution in [2.75, 3.05) is 0 Å². The number of ether oxygens (including phenoxy) is 3.